The molecule has 3 nitrogen and oxygen atoms in total. The van der Waals surface area contributed by atoms with Crippen LogP contribution in [0.25, 0.3) is 6.08 Å². The van der Waals surface area contributed by atoms with Crippen molar-refractivity contribution in [3.8, 4) is 0 Å². The molecule has 1 amide bonds. The standard InChI is InChI=1S/C19H14Cl2N2OS/c1-2-10-23-18(24)17(11-13-6-4-3-5-7-13)25-19(23)22-14-8-9-15(20)16(21)12-14/h2-9,11-12H,1,10H2/b17-11-,22-19?. The molecule has 1 fully saturated rings. The molecule has 0 saturated carbocycles. The third kappa shape index (κ3) is 4.15. The number of aliphatic imine (C=N–C) groups is 1. The number of halogens is 2. The molecule has 126 valence electrons. The summed E-state index contributed by atoms with van der Waals surface area (Å²) in [4.78, 5) is 19.4. The molecule has 0 atom stereocenters. The lowest BCUT2D eigenvalue weighted by Crippen LogP contribution is -2.29. The SMILES string of the molecule is C=CCN1C(=O)/C(=C/c2ccccc2)SC1=Nc1ccc(Cl)c(Cl)c1. The van der Waals surface area contributed by atoms with Crippen molar-refractivity contribution in [3.05, 3.63) is 81.7 Å². The highest BCUT2D eigenvalue weighted by Crippen LogP contribution is 2.35. The van der Waals surface area contributed by atoms with Gasteiger partial charge in [-0.3, -0.25) is 9.69 Å². The molecule has 3 rings (SSSR count). The van der Waals surface area contributed by atoms with Gasteiger partial charge in [0.05, 0.1) is 20.6 Å². The molecule has 0 radical (unpaired) electrons. The van der Waals surface area contributed by atoms with E-state index in [9.17, 15) is 4.79 Å². The van der Waals surface area contributed by atoms with E-state index in [0.717, 1.165) is 5.56 Å². The van der Waals surface area contributed by atoms with Gasteiger partial charge in [0.1, 0.15) is 0 Å². The van der Waals surface area contributed by atoms with Gasteiger partial charge in [0, 0.05) is 6.54 Å². The van der Waals surface area contributed by atoms with Crippen LogP contribution in [0.2, 0.25) is 10.0 Å². The number of rotatable bonds is 4. The Balaban J connectivity index is 1.96. The zero-order chi connectivity index (χ0) is 17.8. The summed E-state index contributed by atoms with van der Waals surface area (Å²) in [6.07, 6.45) is 3.54. The normalized spacial score (nSPS) is 17.5. The minimum Gasteiger partial charge on any atom is -0.283 e. The Hall–Kier alpha value is -2.01. The van der Waals surface area contributed by atoms with Gasteiger partial charge in [-0.15, -0.1) is 6.58 Å². The predicted molar refractivity (Wildman–Crippen MR) is 107 cm³/mol. The number of amidine groups is 1. The summed E-state index contributed by atoms with van der Waals surface area (Å²) in [5.74, 6) is -0.0902. The van der Waals surface area contributed by atoms with Gasteiger partial charge in [0.25, 0.3) is 5.91 Å². The molecule has 2 aromatic rings. The Morgan fingerprint density at radius 3 is 2.56 bits per heavy atom. The van der Waals surface area contributed by atoms with Crippen LogP contribution in [0.3, 0.4) is 0 Å². The summed E-state index contributed by atoms with van der Waals surface area (Å²) in [6, 6.07) is 14.8. The molecule has 0 aliphatic carbocycles. The molecule has 0 spiro atoms. The van der Waals surface area contributed by atoms with Crippen LogP contribution in [0.1, 0.15) is 5.56 Å². The van der Waals surface area contributed by atoms with Crippen LogP contribution < -0.4 is 0 Å². The molecular weight excluding hydrogens is 375 g/mol. The third-order valence-electron chi connectivity index (χ3n) is 3.43. The summed E-state index contributed by atoms with van der Waals surface area (Å²) in [7, 11) is 0. The second-order valence-electron chi connectivity index (χ2n) is 5.22. The number of carbonyl (C=O) groups excluding carboxylic acids is 1. The van der Waals surface area contributed by atoms with Crippen molar-refractivity contribution in [1.82, 2.24) is 4.90 Å². The third-order valence-corrected chi connectivity index (χ3v) is 5.17. The number of thioether (sulfide) groups is 1. The smallest absolute Gasteiger partial charge is 0.267 e. The zero-order valence-corrected chi connectivity index (χ0v) is 15.5. The highest BCUT2D eigenvalue weighted by atomic mass is 35.5. The summed E-state index contributed by atoms with van der Waals surface area (Å²) in [5.41, 5.74) is 1.60. The quantitative estimate of drug-likeness (QED) is 0.490. The Kier molecular flexibility index (Phi) is 5.63. The van der Waals surface area contributed by atoms with Crippen LogP contribution in [-0.2, 0) is 4.79 Å². The first-order chi connectivity index (χ1) is 12.1. The molecule has 0 bridgehead atoms. The second-order valence-corrected chi connectivity index (χ2v) is 7.04. The van der Waals surface area contributed by atoms with Crippen molar-refractivity contribution in [2.24, 2.45) is 4.99 Å². The van der Waals surface area contributed by atoms with E-state index in [2.05, 4.69) is 11.6 Å². The number of carbonyl (C=O) groups is 1. The lowest BCUT2D eigenvalue weighted by atomic mass is 10.2. The predicted octanol–water partition coefficient (Wildman–Crippen LogP) is 5.78. The Bertz CT molecular complexity index is 878. The molecule has 0 unspecified atom stereocenters. The Labute approximate surface area is 160 Å². The first-order valence-electron chi connectivity index (χ1n) is 7.49. The maximum Gasteiger partial charge on any atom is 0.267 e. The van der Waals surface area contributed by atoms with E-state index in [1.54, 1.807) is 29.2 Å². The average molecular weight is 389 g/mol. The minimum absolute atomic E-state index is 0.0902. The molecule has 25 heavy (non-hydrogen) atoms. The van der Waals surface area contributed by atoms with Crippen LogP contribution in [0.15, 0.2) is 71.1 Å². The number of amides is 1. The van der Waals surface area contributed by atoms with Gasteiger partial charge in [-0.05, 0) is 41.6 Å². The summed E-state index contributed by atoms with van der Waals surface area (Å²) in [5, 5.41) is 1.48. The fourth-order valence-electron chi connectivity index (χ4n) is 2.25. The summed E-state index contributed by atoms with van der Waals surface area (Å²) in [6.45, 7) is 4.11. The Morgan fingerprint density at radius 2 is 1.88 bits per heavy atom. The first-order valence-corrected chi connectivity index (χ1v) is 9.07. The lowest BCUT2D eigenvalue weighted by molar-refractivity contribution is -0.121. The van der Waals surface area contributed by atoms with Crippen molar-refractivity contribution in [2.45, 2.75) is 0 Å². The van der Waals surface area contributed by atoms with Gasteiger partial charge in [-0.25, -0.2) is 4.99 Å². The molecule has 1 heterocycles. The highest BCUT2D eigenvalue weighted by Gasteiger charge is 2.32. The maximum absolute atomic E-state index is 12.7. The van der Waals surface area contributed by atoms with Gasteiger partial charge in [-0.2, -0.15) is 0 Å². The lowest BCUT2D eigenvalue weighted by Gasteiger charge is -2.12. The topological polar surface area (TPSA) is 32.7 Å². The largest absolute Gasteiger partial charge is 0.283 e. The number of nitrogens with zero attached hydrogens (tertiary/aromatic N) is 2. The van der Waals surface area contributed by atoms with Gasteiger partial charge < -0.3 is 0 Å². The van der Waals surface area contributed by atoms with Crippen molar-refractivity contribution < 1.29 is 4.79 Å². The molecule has 0 aromatic heterocycles. The van der Waals surface area contributed by atoms with Gasteiger partial charge in [0.2, 0.25) is 0 Å². The first kappa shape index (κ1) is 17.8. The Morgan fingerprint density at radius 1 is 1.12 bits per heavy atom. The van der Waals surface area contributed by atoms with Crippen LogP contribution in [0.4, 0.5) is 5.69 Å². The number of hydrogen-bond acceptors (Lipinski definition) is 3. The minimum atomic E-state index is -0.0902. The second kappa shape index (κ2) is 7.91. The van der Waals surface area contributed by atoms with Gasteiger partial charge in [-0.1, -0.05) is 59.6 Å². The summed E-state index contributed by atoms with van der Waals surface area (Å²) < 4.78 is 0. The van der Waals surface area contributed by atoms with Crippen LogP contribution in [0.5, 0.6) is 0 Å². The van der Waals surface area contributed by atoms with Crippen molar-refractivity contribution in [2.75, 3.05) is 6.54 Å². The van der Waals surface area contributed by atoms with Crippen LogP contribution >= 0.6 is 35.0 Å². The highest BCUT2D eigenvalue weighted by molar-refractivity contribution is 8.18. The number of benzene rings is 2. The van der Waals surface area contributed by atoms with Gasteiger partial charge in [0.15, 0.2) is 5.17 Å². The molecule has 0 N–H and O–H groups in total. The van der Waals surface area contributed by atoms with Crippen LogP contribution in [-0.4, -0.2) is 22.5 Å². The molecule has 1 aliphatic heterocycles. The molecule has 2 aromatic carbocycles. The monoisotopic (exact) mass is 388 g/mol. The average Bonchev–Trinajstić information content (AvgIpc) is 2.88. The van der Waals surface area contributed by atoms with Crippen LogP contribution in [0, 0.1) is 0 Å². The molecular formula is C19H14Cl2N2OS. The van der Waals surface area contributed by atoms with E-state index < -0.39 is 0 Å². The van der Waals surface area contributed by atoms with E-state index in [0.29, 0.717) is 32.4 Å². The van der Waals surface area contributed by atoms with Crippen molar-refractivity contribution in [3.63, 3.8) is 0 Å². The van der Waals surface area contributed by atoms with Crippen molar-refractivity contribution >= 4 is 57.8 Å². The maximum atomic E-state index is 12.7. The van der Waals surface area contributed by atoms with E-state index in [1.807, 2.05) is 36.4 Å². The fourth-order valence-corrected chi connectivity index (χ4v) is 3.55. The fraction of sp³-hybridized carbons (Fsp3) is 0.0526. The van der Waals surface area contributed by atoms with Crippen molar-refractivity contribution in [1.29, 1.82) is 0 Å². The van der Waals surface area contributed by atoms with E-state index in [1.165, 1.54) is 11.8 Å². The van der Waals surface area contributed by atoms with E-state index in [4.69, 9.17) is 23.2 Å². The zero-order valence-electron chi connectivity index (χ0n) is 13.2. The molecule has 6 heteroatoms. The van der Waals surface area contributed by atoms with E-state index >= 15 is 0 Å². The molecule has 1 aliphatic rings. The van der Waals surface area contributed by atoms with Gasteiger partial charge >= 0.3 is 0 Å². The number of hydrogen-bond donors (Lipinski definition) is 0. The molecule has 1 saturated heterocycles. The van der Waals surface area contributed by atoms with E-state index in [-0.39, 0.29) is 5.91 Å². The summed E-state index contributed by atoms with van der Waals surface area (Å²) >= 11 is 13.3.